The number of hydrogen-bond acceptors (Lipinski definition) is 2. The molecule has 0 saturated carbocycles. The largest absolute Gasteiger partial charge is 0.320 e. The van der Waals surface area contributed by atoms with Gasteiger partial charge in [-0.15, -0.1) is 0 Å². The Hall–Kier alpha value is -1.86. The molecule has 1 aromatic carbocycles. The van der Waals surface area contributed by atoms with Crippen molar-refractivity contribution in [2.24, 2.45) is 0 Å². The number of nitrogens with zero attached hydrogens (tertiary/aromatic N) is 2. The Bertz CT molecular complexity index is 651. The fourth-order valence-corrected chi connectivity index (χ4v) is 1.86. The zero-order chi connectivity index (χ0) is 12.4. The predicted octanol–water partition coefficient (Wildman–Crippen LogP) is 2.78. The number of hydrogen-bond donors (Lipinski definition) is 0. The van der Waals surface area contributed by atoms with Crippen LogP contribution in [0.5, 0.6) is 0 Å². The summed E-state index contributed by atoms with van der Waals surface area (Å²) in [5.74, 6) is 0. The SMILES string of the molecule is Cc1cc(=O)c(C#N)cn1-c1ccc(Br)cc1. The number of rotatable bonds is 1. The summed E-state index contributed by atoms with van der Waals surface area (Å²) in [7, 11) is 0. The molecule has 4 heteroatoms. The monoisotopic (exact) mass is 288 g/mol. The molecule has 1 heterocycles. The van der Waals surface area contributed by atoms with E-state index in [-0.39, 0.29) is 11.0 Å². The van der Waals surface area contributed by atoms with Crippen molar-refractivity contribution in [3.8, 4) is 11.8 Å². The van der Waals surface area contributed by atoms with Gasteiger partial charge in [0.05, 0.1) is 0 Å². The smallest absolute Gasteiger partial charge is 0.199 e. The maximum absolute atomic E-state index is 11.5. The van der Waals surface area contributed by atoms with Crippen molar-refractivity contribution in [3.63, 3.8) is 0 Å². The van der Waals surface area contributed by atoms with Gasteiger partial charge in [-0.2, -0.15) is 5.26 Å². The van der Waals surface area contributed by atoms with E-state index in [1.807, 2.05) is 41.8 Å². The van der Waals surface area contributed by atoms with Gasteiger partial charge in [0.1, 0.15) is 11.6 Å². The van der Waals surface area contributed by atoms with E-state index in [0.29, 0.717) is 0 Å². The summed E-state index contributed by atoms with van der Waals surface area (Å²) < 4.78 is 2.81. The number of aromatic nitrogens is 1. The molecule has 0 radical (unpaired) electrons. The highest BCUT2D eigenvalue weighted by atomic mass is 79.9. The molecule has 1 aromatic heterocycles. The Morgan fingerprint density at radius 1 is 1.29 bits per heavy atom. The number of benzene rings is 1. The summed E-state index contributed by atoms with van der Waals surface area (Å²) >= 11 is 3.36. The Labute approximate surface area is 107 Å². The van der Waals surface area contributed by atoms with Crippen molar-refractivity contribution >= 4 is 15.9 Å². The molecule has 0 atom stereocenters. The van der Waals surface area contributed by atoms with E-state index in [9.17, 15) is 4.79 Å². The molecule has 0 aliphatic heterocycles. The number of nitriles is 1. The van der Waals surface area contributed by atoms with Gasteiger partial charge in [-0.1, -0.05) is 15.9 Å². The van der Waals surface area contributed by atoms with Crippen LogP contribution < -0.4 is 5.43 Å². The number of pyridine rings is 1. The minimum absolute atomic E-state index is 0.151. The summed E-state index contributed by atoms with van der Waals surface area (Å²) in [6.07, 6.45) is 1.57. The quantitative estimate of drug-likeness (QED) is 0.810. The molecule has 0 aliphatic carbocycles. The molecule has 0 unspecified atom stereocenters. The van der Waals surface area contributed by atoms with E-state index in [1.165, 1.54) is 6.07 Å². The summed E-state index contributed by atoms with van der Waals surface area (Å²) in [4.78, 5) is 11.5. The van der Waals surface area contributed by atoms with Crippen LogP contribution in [0.2, 0.25) is 0 Å². The molecular formula is C13H9BrN2O. The van der Waals surface area contributed by atoms with Gasteiger partial charge in [0.2, 0.25) is 0 Å². The first kappa shape index (κ1) is 11.6. The van der Waals surface area contributed by atoms with Crippen LogP contribution in [0.25, 0.3) is 5.69 Å². The molecule has 2 aromatic rings. The van der Waals surface area contributed by atoms with Crippen LogP contribution in [-0.2, 0) is 0 Å². The van der Waals surface area contributed by atoms with E-state index in [1.54, 1.807) is 6.20 Å². The van der Waals surface area contributed by atoms with E-state index in [4.69, 9.17) is 5.26 Å². The standard InChI is InChI=1S/C13H9BrN2O/c1-9-6-13(17)10(7-15)8-16(9)12-4-2-11(14)3-5-12/h2-6,8H,1H3. The second kappa shape index (κ2) is 4.56. The first-order chi connectivity index (χ1) is 8.11. The van der Waals surface area contributed by atoms with Crippen molar-refractivity contribution in [2.45, 2.75) is 6.92 Å². The maximum atomic E-state index is 11.5. The first-order valence-corrected chi connectivity index (χ1v) is 5.80. The van der Waals surface area contributed by atoms with Crippen LogP contribution in [0, 0.1) is 18.3 Å². The minimum Gasteiger partial charge on any atom is -0.320 e. The van der Waals surface area contributed by atoms with Gasteiger partial charge >= 0.3 is 0 Å². The van der Waals surface area contributed by atoms with E-state index in [2.05, 4.69) is 15.9 Å². The zero-order valence-corrected chi connectivity index (χ0v) is 10.7. The van der Waals surface area contributed by atoms with Crippen molar-refractivity contribution in [3.05, 3.63) is 62.5 Å². The molecule has 0 bridgehead atoms. The highest BCUT2D eigenvalue weighted by molar-refractivity contribution is 9.10. The van der Waals surface area contributed by atoms with E-state index in [0.717, 1.165) is 15.9 Å². The Morgan fingerprint density at radius 2 is 1.94 bits per heavy atom. The third-order valence-corrected chi connectivity index (χ3v) is 3.00. The van der Waals surface area contributed by atoms with Crippen molar-refractivity contribution in [1.82, 2.24) is 4.57 Å². The summed E-state index contributed by atoms with van der Waals surface area (Å²) in [6, 6.07) is 11.0. The van der Waals surface area contributed by atoms with E-state index < -0.39 is 0 Å². The lowest BCUT2D eigenvalue weighted by Crippen LogP contribution is -2.11. The molecule has 84 valence electrons. The Kier molecular flexibility index (Phi) is 3.12. The van der Waals surface area contributed by atoms with Gasteiger partial charge in [0, 0.05) is 28.1 Å². The van der Waals surface area contributed by atoms with Crippen molar-refractivity contribution < 1.29 is 0 Å². The van der Waals surface area contributed by atoms with E-state index >= 15 is 0 Å². The summed E-state index contributed by atoms with van der Waals surface area (Å²) in [5, 5.41) is 8.85. The van der Waals surface area contributed by atoms with Crippen LogP contribution >= 0.6 is 15.9 Å². The lowest BCUT2D eigenvalue weighted by atomic mass is 10.2. The second-order valence-corrected chi connectivity index (χ2v) is 4.57. The molecule has 3 nitrogen and oxygen atoms in total. The fraction of sp³-hybridized carbons (Fsp3) is 0.0769. The lowest BCUT2D eigenvalue weighted by molar-refractivity contribution is 0.967. The van der Waals surface area contributed by atoms with Gasteiger partial charge < -0.3 is 4.57 Å². The molecule has 2 rings (SSSR count). The topological polar surface area (TPSA) is 45.8 Å². The van der Waals surface area contributed by atoms with Crippen LogP contribution in [0.15, 0.2) is 45.8 Å². The maximum Gasteiger partial charge on any atom is 0.199 e. The molecule has 0 amide bonds. The first-order valence-electron chi connectivity index (χ1n) is 5.01. The summed E-state index contributed by atoms with van der Waals surface area (Å²) in [5.41, 5.74) is 1.63. The van der Waals surface area contributed by atoms with Crippen LogP contribution in [-0.4, -0.2) is 4.57 Å². The van der Waals surface area contributed by atoms with Crippen molar-refractivity contribution in [2.75, 3.05) is 0 Å². The molecule has 17 heavy (non-hydrogen) atoms. The van der Waals surface area contributed by atoms with Crippen molar-refractivity contribution in [1.29, 1.82) is 5.26 Å². The Balaban J connectivity index is 2.64. The highest BCUT2D eigenvalue weighted by Gasteiger charge is 2.04. The van der Waals surface area contributed by atoms with Gasteiger partial charge in [-0.25, -0.2) is 0 Å². The summed E-state index contributed by atoms with van der Waals surface area (Å²) in [6.45, 7) is 1.84. The molecule has 0 N–H and O–H groups in total. The van der Waals surface area contributed by atoms with Crippen LogP contribution in [0.3, 0.4) is 0 Å². The van der Waals surface area contributed by atoms with Gasteiger partial charge in [-0.05, 0) is 31.2 Å². The normalized spacial score (nSPS) is 9.94. The van der Waals surface area contributed by atoms with Gasteiger partial charge in [0.15, 0.2) is 5.43 Å². The lowest BCUT2D eigenvalue weighted by Gasteiger charge is -2.10. The van der Waals surface area contributed by atoms with Gasteiger partial charge in [0.25, 0.3) is 0 Å². The second-order valence-electron chi connectivity index (χ2n) is 3.65. The predicted molar refractivity (Wildman–Crippen MR) is 69.2 cm³/mol. The molecule has 0 spiro atoms. The third-order valence-electron chi connectivity index (χ3n) is 2.47. The van der Waals surface area contributed by atoms with Gasteiger partial charge in [-0.3, -0.25) is 4.79 Å². The number of halogens is 1. The van der Waals surface area contributed by atoms with Crippen LogP contribution in [0.4, 0.5) is 0 Å². The fourth-order valence-electron chi connectivity index (χ4n) is 1.60. The number of aryl methyl sites for hydroxylation is 1. The van der Waals surface area contributed by atoms with Crippen LogP contribution in [0.1, 0.15) is 11.3 Å². The molecule has 0 fully saturated rings. The minimum atomic E-state index is -0.238. The highest BCUT2D eigenvalue weighted by Crippen LogP contribution is 2.15. The molecular weight excluding hydrogens is 280 g/mol. The third kappa shape index (κ3) is 2.29. The molecule has 0 saturated heterocycles. The average molecular weight is 289 g/mol. The Morgan fingerprint density at radius 3 is 2.53 bits per heavy atom. The molecule has 0 aliphatic rings. The average Bonchev–Trinajstić information content (AvgIpc) is 2.31. The zero-order valence-electron chi connectivity index (χ0n) is 9.14.